The molecule has 0 saturated carbocycles. The van der Waals surface area contributed by atoms with Gasteiger partial charge >= 0.3 is 6.18 Å². The standard InChI is InChI=1S/C15H13F3/c1-11-4-2-3-5-13(11)10-12-6-8-14(9-7-12)15(16,17)18/h2-9H,10H2,1H3. The second-order valence-electron chi connectivity index (χ2n) is 4.30. The van der Waals surface area contributed by atoms with E-state index in [4.69, 9.17) is 0 Å². The fourth-order valence-electron chi connectivity index (χ4n) is 1.84. The Bertz CT molecular complexity index is 524. The number of hydrogen-bond donors (Lipinski definition) is 0. The normalized spacial score (nSPS) is 11.6. The third-order valence-electron chi connectivity index (χ3n) is 2.94. The average Bonchev–Trinajstić information content (AvgIpc) is 2.32. The van der Waals surface area contributed by atoms with Gasteiger partial charge in [-0.2, -0.15) is 13.2 Å². The predicted octanol–water partition coefficient (Wildman–Crippen LogP) is 4.60. The smallest absolute Gasteiger partial charge is 0.166 e. The van der Waals surface area contributed by atoms with Gasteiger partial charge in [0.05, 0.1) is 5.56 Å². The molecule has 2 aromatic rings. The molecule has 0 bridgehead atoms. The van der Waals surface area contributed by atoms with E-state index in [9.17, 15) is 13.2 Å². The van der Waals surface area contributed by atoms with E-state index in [2.05, 4.69) is 0 Å². The maximum atomic E-state index is 12.4. The first-order chi connectivity index (χ1) is 8.47. The molecule has 0 fully saturated rings. The van der Waals surface area contributed by atoms with Gasteiger partial charge in [0.1, 0.15) is 0 Å². The van der Waals surface area contributed by atoms with Crippen molar-refractivity contribution in [2.45, 2.75) is 19.5 Å². The summed E-state index contributed by atoms with van der Waals surface area (Å²) in [6, 6.07) is 13.2. The highest BCUT2D eigenvalue weighted by Crippen LogP contribution is 2.29. The topological polar surface area (TPSA) is 0 Å². The molecule has 0 N–H and O–H groups in total. The summed E-state index contributed by atoms with van der Waals surface area (Å²) in [4.78, 5) is 0. The summed E-state index contributed by atoms with van der Waals surface area (Å²) < 4.78 is 37.2. The fourth-order valence-corrected chi connectivity index (χ4v) is 1.84. The van der Waals surface area contributed by atoms with Crippen molar-refractivity contribution < 1.29 is 13.2 Å². The second-order valence-corrected chi connectivity index (χ2v) is 4.30. The van der Waals surface area contributed by atoms with Crippen molar-refractivity contribution in [3.8, 4) is 0 Å². The predicted molar refractivity (Wildman–Crippen MR) is 65.4 cm³/mol. The van der Waals surface area contributed by atoms with Crippen molar-refractivity contribution in [2.75, 3.05) is 0 Å². The third kappa shape index (κ3) is 2.92. The number of hydrogen-bond acceptors (Lipinski definition) is 0. The van der Waals surface area contributed by atoms with E-state index in [0.717, 1.165) is 28.8 Å². The zero-order valence-electron chi connectivity index (χ0n) is 9.96. The van der Waals surface area contributed by atoms with Gasteiger partial charge < -0.3 is 0 Å². The van der Waals surface area contributed by atoms with Gasteiger partial charge in [-0.1, -0.05) is 36.4 Å². The van der Waals surface area contributed by atoms with Gasteiger partial charge in [-0.15, -0.1) is 0 Å². The number of alkyl halides is 3. The summed E-state index contributed by atoms with van der Waals surface area (Å²) in [6.07, 6.45) is -3.61. The molecule has 2 aromatic carbocycles. The molecule has 0 spiro atoms. The van der Waals surface area contributed by atoms with Gasteiger partial charge in [0.2, 0.25) is 0 Å². The minimum absolute atomic E-state index is 0.601. The lowest BCUT2D eigenvalue weighted by Gasteiger charge is -2.09. The highest BCUT2D eigenvalue weighted by atomic mass is 19.4. The van der Waals surface area contributed by atoms with E-state index in [1.54, 1.807) is 0 Å². The van der Waals surface area contributed by atoms with Gasteiger partial charge in [-0.05, 0) is 42.2 Å². The Labute approximate surface area is 104 Å². The lowest BCUT2D eigenvalue weighted by atomic mass is 10.00. The first-order valence-electron chi connectivity index (χ1n) is 5.67. The molecular weight excluding hydrogens is 237 g/mol. The monoisotopic (exact) mass is 250 g/mol. The van der Waals surface area contributed by atoms with Crippen LogP contribution in [0.5, 0.6) is 0 Å². The van der Waals surface area contributed by atoms with Crippen LogP contribution in [0.4, 0.5) is 13.2 Å². The van der Waals surface area contributed by atoms with Crippen LogP contribution in [0.2, 0.25) is 0 Å². The SMILES string of the molecule is Cc1ccccc1Cc1ccc(C(F)(F)F)cc1. The quantitative estimate of drug-likeness (QED) is 0.730. The average molecular weight is 250 g/mol. The van der Waals surface area contributed by atoms with Crippen molar-refractivity contribution in [3.05, 3.63) is 70.8 Å². The van der Waals surface area contributed by atoms with Crippen LogP contribution in [0.25, 0.3) is 0 Å². The summed E-state index contributed by atoms with van der Waals surface area (Å²) in [5.41, 5.74) is 2.57. The summed E-state index contributed by atoms with van der Waals surface area (Å²) in [6.45, 7) is 2.00. The Morgan fingerprint density at radius 1 is 0.889 bits per heavy atom. The lowest BCUT2D eigenvalue weighted by Crippen LogP contribution is -2.04. The summed E-state index contributed by atoms with van der Waals surface area (Å²) in [5, 5.41) is 0. The summed E-state index contributed by atoms with van der Waals surface area (Å²) in [5.74, 6) is 0. The molecule has 3 heteroatoms. The minimum Gasteiger partial charge on any atom is -0.166 e. The molecule has 0 heterocycles. The zero-order chi connectivity index (χ0) is 13.2. The van der Waals surface area contributed by atoms with Gasteiger partial charge in [0, 0.05) is 0 Å². The molecular formula is C15H13F3. The first-order valence-corrected chi connectivity index (χ1v) is 5.67. The van der Waals surface area contributed by atoms with Crippen LogP contribution in [0.15, 0.2) is 48.5 Å². The molecule has 94 valence electrons. The molecule has 0 nitrogen and oxygen atoms in total. The van der Waals surface area contributed by atoms with Crippen LogP contribution >= 0.6 is 0 Å². The molecule has 0 radical (unpaired) electrons. The molecule has 2 rings (SSSR count). The number of aryl methyl sites for hydroxylation is 1. The van der Waals surface area contributed by atoms with E-state index in [0.29, 0.717) is 6.42 Å². The summed E-state index contributed by atoms with van der Waals surface area (Å²) in [7, 11) is 0. The van der Waals surface area contributed by atoms with Gasteiger partial charge in [0.25, 0.3) is 0 Å². The van der Waals surface area contributed by atoms with Crippen LogP contribution < -0.4 is 0 Å². The van der Waals surface area contributed by atoms with Crippen molar-refractivity contribution in [2.24, 2.45) is 0 Å². The fraction of sp³-hybridized carbons (Fsp3) is 0.200. The summed E-state index contributed by atoms with van der Waals surface area (Å²) >= 11 is 0. The Kier molecular flexibility index (Phi) is 3.41. The van der Waals surface area contributed by atoms with Crippen LogP contribution in [0.3, 0.4) is 0 Å². The van der Waals surface area contributed by atoms with Crippen LogP contribution in [0, 0.1) is 6.92 Å². The van der Waals surface area contributed by atoms with E-state index in [1.165, 1.54) is 12.1 Å². The van der Waals surface area contributed by atoms with Crippen molar-refractivity contribution in [3.63, 3.8) is 0 Å². The second kappa shape index (κ2) is 4.84. The Balaban J connectivity index is 2.19. The minimum atomic E-state index is -4.26. The maximum Gasteiger partial charge on any atom is 0.416 e. The van der Waals surface area contributed by atoms with Gasteiger partial charge in [-0.3, -0.25) is 0 Å². The van der Waals surface area contributed by atoms with E-state index in [1.807, 2.05) is 31.2 Å². The molecule has 0 amide bonds. The Hall–Kier alpha value is -1.77. The molecule has 0 aliphatic rings. The van der Waals surface area contributed by atoms with E-state index >= 15 is 0 Å². The first kappa shape index (κ1) is 12.7. The van der Waals surface area contributed by atoms with Crippen LogP contribution in [-0.2, 0) is 12.6 Å². The van der Waals surface area contributed by atoms with Crippen LogP contribution in [0.1, 0.15) is 22.3 Å². The maximum absolute atomic E-state index is 12.4. The Morgan fingerprint density at radius 2 is 1.50 bits per heavy atom. The lowest BCUT2D eigenvalue weighted by molar-refractivity contribution is -0.137. The molecule has 0 aliphatic heterocycles. The Morgan fingerprint density at radius 3 is 2.06 bits per heavy atom. The van der Waals surface area contributed by atoms with E-state index < -0.39 is 11.7 Å². The molecule has 18 heavy (non-hydrogen) atoms. The number of rotatable bonds is 2. The largest absolute Gasteiger partial charge is 0.416 e. The highest BCUT2D eigenvalue weighted by Gasteiger charge is 2.29. The molecule has 0 unspecified atom stereocenters. The van der Waals surface area contributed by atoms with Gasteiger partial charge in [-0.25, -0.2) is 0 Å². The third-order valence-corrected chi connectivity index (χ3v) is 2.94. The van der Waals surface area contributed by atoms with Crippen molar-refractivity contribution in [1.29, 1.82) is 0 Å². The molecule has 0 aliphatic carbocycles. The van der Waals surface area contributed by atoms with Crippen molar-refractivity contribution in [1.82, 2.24) is 0 Å². The zero-order valence-corrected chi connectivity index (χ0v) is 9.96. The highest BCUT2D eigenvalue weighted by molar-refractivity contribution is 5.33. The van der Waals surface area contributed by atoms with Crippen molar-refractivity contribution >= 4 is 0 Å². The number of benzene rings is 2. The number of halogens is 3. The molecule has 0 atom stereocenters. The molecule has 0 saturated heterocycles. The molecule has 0 aromatic heterocycles. The van der Waals surface area contributed by atoms with Gasteiger partial charge in [0.15, 0.2) is 0 Å². The van der Waals surface area contributed by atoms with E-state index in [-0.39, 0.29) is 0 Å². The van der Waals surface area contributed by atoms with Crippen LogP contribution in [-0.4, -0.2) is 0 Å².